The zero-order valence-corrected chi connectivity index (χ0v) is 11.6. The molecule has 0 bridgehead atoms. The molecule has 1 fully saturated rings. The van der Waals surface area contributed by atoms with E-state index in [9.17, 15) is 19.2 Å². The molecular weight excluding hydrogens is 282 g/mol. The highest BCUT2D eigenvalue weighted by Crippen LogP contribution is 2.20. The van der Waals surface area contributed by atoms with Gasteiger partial charge in [0.25, 0.3) is 5.91 Å². The van der Waals surface area contributed by atoms with E-state index in [2.05, 4.69) is 9.84 Å². The molecule has 0 saturated carbocycles. The van der Waals surface area contributed by atoms with Crippen molar-refractivity contribution in [2.24, 2.45) is 5.10 Å². The number of imide groups is 1. The van der Waals surface area contributed by atoms with E-state index in [1.165, 1.54) is 13.3 Å². The van der Waals surface area contributed by atoms with Gasteiger partial charge in [0.1, 0.15) is 6.61 Å². The van der Waals surface area contributed by atoms with Gasteiger partial charge in [-0.15, -0.1) is 0 Å². The third-order valence-corrected chi connectivity index (χ3v) is 3.27. The number of carbonyl (C=O) groups excluding carboxylic acids is 4. The van der Waals surface area contributed by atoms with E-state index in [0.717, 1.165) is 16.8 Å². The Morgan fingerprint density at radius 3 is 2.71 bits per heavy atom. The van der Waals surface area contributed by atoms with E-state index >= 15 is 0 Å². The zero-order valence-electron chi connectivity index (χ0n) is 11.6. The molecule has 114 valence electrons. The molecule has 0 unspecified atom stereocenters. The van der Waals surface area contributed by atoms with Gasteiger partial charge in [-0.25, -0.2) is 19.5 Å². The number of methoxy groups -OCH3 is 1. The van der Waals surface area contributed by atoms with Crippen molar-refractivity contribution in [1.82, 2.24) is 9.91 Å². The number of hydrogen-bond acceptors (Lipinski definition) is 7. The van der Waals surface area contributed by atoms with Crippen LogP contribution in [0.3, 0.4) is 0 Å². The smallest absolute Gasteiger partial charge is 0.417 e. The lowest BCUT2D eigenvalue weighted by Gasteiger charge is -2.30. The van der Waals surface area contributed by atoms with Gasteiger partial charge in [0.05, 0.1) is 7.11 Å². The first-order valence-electron chi connectivity index (χ1n) is 6.37. The van der Waals surface area contributed by atoms with E-state index in [0.29, 0.717) is 12.8 Å². The van der Waals surface area contributed by atoms with Crippen LogP contribution in [0.25, 0.3) is 0 Å². The molecule has 9 heteroatoms. The summed E-state index contributed by atoms with van der Waals surface area (Å²) in [5.74, 6) is -1.85. The van der Waals surface area contributed by atoms with Crippen LogP contribution in [0.4, 0.5) is 4.79 Å². The molecule has 3 amide bonds. The van der Waals surface area contributed by atoms with Crippen molar-refractivity contribution < 1.29 is 28.7 Å². The molecule has 0 aromatic rings. The molecule has 0 N–H and O–H groups in total. The molecular formula is C12H15N3O6. The topological polar surface area (TPSA) is 106 Å². The summed E-state index contributed by atoms with van der Waals surface area (Å²) in [6, 6.07) is -1.98. The maximum absolute atomic E-state index is 12.5. The van der Waals surface area contributed by atoms with Crippen LogP contribution < -0.4 is 0 Å². The molecule has 2 atom stereocenters. The summed E-state index contributed by atoms with van der Waals surface area (Å²) in [5, 5.41) is 4.85. The minimum Gasteiger partial charge on any atom is -0.467 e. The van der Waals surface area contributed by atoms with Gasteiger partial charge in [-0.1, -0.05) is 0 Å². The predicted octanol–water partition coefficient (Wildman–Crippen LogP) is -0.497. The van der Waals surface area contributed by atoms with Gasteiger partial charge < -0.3 is 9.47 Å². The highest BCUT2D eigenvalue weighted by molar-refractivity contribution is 6.00. The van der Waals surface area contributed by atoms with E-state index in [-0.39, 0.29) is 6.61 Å². The third kappa shape index (κ3) is 2.71. The maximum atomic E-state index is 12.5. The van der Waals surface area contributed by atoms with Crippen LogP contribution in [0.15, 0.2) is 5.10 Å². The Morgan fingerprint density at radius 1 is 1.38 bits per heavy atom. The first-order chi connectivity index (χ1) is 9.97. The molecule has 2 aliphatic heterocycles. The summed E-state index contributed by atoms with van der Waals surface area (Å²) in [6.07, 6.45) is 1.51. The van der Waals surface area contributed by atoms with Crippen LogP contribution in [-0.2, 0) is 23.9 Å². The van der Waals surface area contributed by atoms with E-state index in [4.69, 9.17) is 4.74 Å². The normalized spacial score (nSPS) is 24.8. The van der Waals surface area contributed by atoms with Gasteiger partial charge in [0, 0.05) is 13.1 Å². The molecule has 0 aliphatic carbocycles. The number of rotatable bonds is 2. The third-order valence-electron chi connectivity index (χ3n) is 3.27. The number of amides is 3. The van der Waals surface area contributed by atoms with Gasteiger partial charge in [-0.2, -0.15) is 5.10 Å². The fourth-order valence-corrected chi connectivity index (χ4v) is 2.25. The fraction of sp³-hybridized carbons (Fsp3) is 0.583. The number of hydrazone groups is 1. The van der Waals surface area contributed by atoms with E-state index < -0.39 is 36.0 Å². The van der Waals surface area contributed by atoms with Crippen molar-refractivity contribution in [2.75, 3.05) is 13.7 Å². The summed E-state index contributed by atoms with van der Waals surface area (Å²) in [6.45, 7) is 0.904. The Hall–Kier alpha value is -2.45. The first-order valence-corrected chi connectivity index (χ1v) is 6.37. The van der Waals surface area contributed by atoms with Crippen LogP contribution >= 0.6 is 0 Å². The average molecular weight is 297 g/mol. The quantitative estimate of drug-likeness (QED) is 0.636. The van der Waals surface area contributed by atoms with Gasteiger partial charge >= 0.3 is 12.1 Å². The molecule has 2 heterocycles. The second kappa shape index (κ2) is 5.90. The second-order valence-corrected chi connectivity index (χ2v) is 4.58. The van der Waals surface area contributed by atoms with Crippen molar-refractivity contribution in [3.8, 4) is 0 Å². The van der Waals surface area contributed by atoms with Crippen molar-refractivity contribution in [3.63, 3.8) is 0 Å². The monoisotopic (exact) mass is 297 g/mol. The SMILES string of the molecule is COC(=O)[C@@H]1CCC=NN1C(=O)[C@H]1COC(=O)N1C(C)=O. The molecule has 2 rings (SSSR count). The van der Waals surface area contributed by atoms with Crippen LogP contribution in [0.1, 0.15) is 19.8 Å². The number of nitrogens with zero attached hydrogens (tertiary/aromatic N) is 3. The highest BCUT2D eigenvalue weighted by atomic mass is 16.6. The van der Waals surface area contributed by atoms with Gasteiger partial charge in [0.15, 0.2) is 12.1 Å². The molecule has 2 aliphatic rings. The minimum absolute atomic E-state index is 0.253. The van der Waals surface area contributed by atoms with Gasteiger partial charge in [0.2, 0.25) is 5.91 Å². The lowest BCUT2D eigenvalue weighted by atomic mass is 10.1. The van der Waals surface area contributed by atoms with Crippen molar-refractivity contribution >= 4 is 30.1 Å². The number of carbonyl (C=O) groups is 4. The standard InChI is InChI=1S/C12H15N3O6/c1-7(16)14-9(6-21-12(14)19)10(17)15-8(11(18)20-2)4-3-5-13-15/h5,8-9H,3-4,6H2,1-2H3/t8-,9+/m0/s1. The van der Waals surface area contributed by atoms with Crippen molar-refractivity contribution in [3.05, 3.63) is 0 Å². The lowest BCUT2D eigenvalue weighted by Crippen LogP contribution is -2.53. The molecule has 9 nitrogen and oxygen atoms in total. The first kappa shape index (κ1) is 14.9. The number of esters is 1. The molecule has 21 heavy (non-hydrogen) atoms. The Bertz CT molecular complexity index is 517. The molecule has 0 aromatic heterocycles. The summed E-state index contributed by atoms with van der Waals surface area (Å²) in [4.78, 5) is 47.8. The van der Waals surface area contributed by atoms with E-state index in [1.54, 1.807) is 0 Å². The van der Waals surface area contributed by atoms with Crippen molar-refractivity contribution in [2.45, 2.75) is 31.8 Å². The largest absolute Gasteiger partial charge is 0.467 e. The Labute approximate surface area is 120 Å². The molecule has 0 spiro atoms. The number of cyclic esters (lactones) is 1. The summed E-state index contributed by atoms with van der Waals surface area (Å²) < 4.78 is 9.37. The Kier molecular flexibility index (Phi) is 4.20. The van der Waals surface area contributed by atoms with Crippen LogP contribution in [-0.4, -0.2) is 65.8 Å². The maximum Gasteiger partial charge on any atom is 0.417 e. The average Bonchev–Trinajstić information content (AvgIpc) is 2.87. The van der Waals surface area contributed by atoms with E-state index in [1.807, 2.05) is 0 Å². The summed E-state index contributed by atoms with van der Waals surface area (Å²) >= 11 is 0. The summed E-state index contributed by atoms with van der Waals surface area (Å²) in [7, 11) is 1.22. The Balaban J connectivity index is 2.23. The number of ether oxygens (including phenoxy) is 2. The van der Waals surface area contributed by atoms with Crippen LogP contribution in [0.2, 0.25) is 0 Å². The highest BCUT2D eigenvalue weighted by Gasteiger charge is 2.45. The lowest BCUT2D eigenvalue weighted by molar-refractivity contribution is -0.155. The summed E-state index contributed by atoms with van der Waals surface area (Å²) in [5.41, 5.74) is 0. The van der Waals surface area contributed by atoms with Gasteiger partial charge in [-0.05, 0) is 12.8 Å². The predicted molar refractivity (Wildman–Crippen MR) is 68.0 cm³/mol. The second-order valence-electron chi connectivity index (χ2n) is 4.58. The van der Waals surface area contributed by atoms with Crippen LogP contribution in [0.5, 0.6) is 0 Å². The van der Waals surface area contributed by atoms with Crippen LogP contribution in [0, 0.1) is 0 Å². The molecule has 0 radical (unpaired) electrons. The van der Waals surface area contributed by atoms with Crippen molar-refractivity contribution in [1.29, 1.82) is 0 Å². The number of hydrogen-bond donors (Lipinski definition) is 0. The fourth-order valence-electron chi connectivity index (χ4n) is 2.25. The zero-order chi connectivity index (χ0) is 15.6. The van der Waals surface area contributed by atoms with Gasteiger partial charge in [-0.3, -0.25) is 9.59 Å². The molecule has 1 saturated heterocycles. The minimum atomic E-state index is -1.11. The Morgan fingerprint density at radius 2 is 2.10 bits per heavy atom. The molecule has 0 aromatic carbocycles.